The van der Waals surface area contributed by atoms with Gasteiger partial charge in [0.1, 0.15) is 0 Å². The number of hydrogen-bond acceptors (Lipinski definition) is 3. The largest absolute Gasteiger partial charge is 0.449 e. The molecular formula is C8H14N4O. The van der Waals surface area contributed by atoms with Crippen molar-refractivity contribution in [3.8, 4) is 0 Å². The molecule has 1 heterocycles. The van der Waals surface area contributed by atoms with Crippen molar-refractivity contribution < 1.29 is 4.42 Å². The zero-order valence-electron chi connectivity index (χ0n) is 7.82. The minimum absolute atomic E-state index is 0.0402. The van der Waals surface area contributed by atoms with Gasteiger partial charge in [-0.05, 0) is 6.07 Å². The van der Waals surface area contributed by atoms with Gasteiger partial charge < -0.3 is 20.0 Å². The molecule has 0 aliphatic heterocycles. The standard InChI is InChI=1S/C8H14N4O/c1-11(6-12(2)8(9)10)7-4-3-5-13-7/h3-5H,6H2,1-2H3,(H3,9,10). The molecule has 0 fully saturated rings. The van der Waals surface area contributed by atoms with Crippen LogP contribution in [-0.2, 0) is 0 Å². The van der Waals surface area contributed by atoms with Crippen LogP contribution in [0, 0.1) is 5.41 Å². The van der Waals surface area contributed by atoms with Crippen LogP contribution in [0.15, 0.2) is 22.8 Å². The normalized spacial score (nSPS) is 9.69. The van der Waals surface area contributed by atoms with Gasteiger partial charge in [0.05, 0.1) is 12.9 Å². The highest BCUT2D eigenvalue weighted by molar-refractivity contribution is 5.74. The van der Waals surface area contributed by atoms with E-state index in [2.05, 4.69) is 0 Å². The predicted octanol–water partition coefficient (Wildman–Crippen LogP) is 0.499. The third-order valence-electron chi connectivity index (χ3n) is 1.72. The molecule has 3 N–H and O–H groups in total. The fraction of sp³-hybridized carbons (Fsp3) is 0.375. The molecule has 0 saturated carbocycles. The maximum atomic E-state index is 7.17. The number of nitrogens with one attached hydrogen (secondary N) is 1. The highest BCUT2D eigenvalue weighted by Crippen LogP contribution is 2.11. The minimum atomic E-state index is 0.0402. The summed E-state index contributed by atoms with van der Waals surface area (Å²) in [5, 5.41) is 7.17. The first kappa shape index (κ1) is 9.44. The van der Waals surface area contributed by atoms with Gasteiger partial charge in [-0.15, -0.1) is 0 Å². The minimum Gasteiger partial charge on any atom is -0.449 e. The van der Waals surface area contributed by atoms with Gasteiger partial charge in [0.2, 0.25) is 0 Å². The molecule has 0 amide bonds. The number of furan rings is 1. The lowest BCUT2D eigenvalue weighted by atomic mass is 10.5. The molecule has 0 bridgehead atoms. The summed E-state index contributed by atoms with van der Waals surface area (Å²) in [5.74, 6) is 0.798. The van der Waals surface area contributed by atoms with Crippen LogP contribution in [0.1, 0.15) is 0 Å². The van der Waals surface area contributed by atoms with Gasteiger partial charge in [0.25, 0.3) is 0 Å². The molecule has 0 unspecified atom stereocenters. The van der Waals surface area contributed by atoms with Gasteiger partial charge in [-0.25, -0.2) is 0 Å². The van der Waals surface area contributed by atoms with E-state index in [4.69, 9.17) is 15.6 Å². The van der Waals surface area contributed by atoms with E-state index in [1.807, 2.05) is 24.1 Å². The monoisotopic (exact) mass is 182 g/mol. The van der Waals surface area contributed by atoms with Crippen molar-refractivity contribution in [1.29, 1.82) is 5.41 Å². The zero-order valence-corrected chi connectivity index (χ0v) is 7.82. The molecule has 72 valence electrons. The topological polar surface area (TPSA) is 69.5 Å². The van der Waals surface area contributed by atoms with E-state index in [1.54, 1.807) is 18.2 Å². The van der Waals surface area contributed by atoms with Crippen molar-refractivity contribution >= 4 is 11.8 Å². The molecule has 0 aromatic carbocycles. The Hall–Kier alpha value is -1.65. The van der Waals surface area contributed by atoms with Crippen LogP contribution in [0.5, 0.6) is 0 Å². The molecule has 1 aromatic rings. The number of nitrogens with zero attached hydrogens (tertiary/aromatic N) is 2. The fourth-order valence-corrected chi connectivity index (χ4v) is 0.951. The van der Waals surface area contributed by atoms with Crippen LogP contribution >= 0.6 is 0 Å². The summed E-state index contributed by atoms with van der Waals surface area (Å²) in [4.78, 5) is 3.48. The Morgan fingerprint density at radius 2 is 2.31 bits per heavy atom. The molecule has 0 saturated heterocycles. The van der Waals surface area contributed by atoms with E-state index < -0.39 is 0 Å². The molecule has 13 heavy (non-hydrogen) atoms. The van der Waals surface area contributed by atoms with Crippen molar-refractivity contribution in [2.24, 2.45) is 5.73 Å². The van der Waals surface area contributed by atoms with E-state index in [9.17, 15) is 0 Å². The van der Waals surface area contributed by atoms with Crippen LogP contribution in [-0.4, -0.2) is 31.6 Å². The average Bonchev–Trinajstić information content (AvgIpc) is 2.55. The van der Waals surface area contributed by atoms with Gasteiger partial charge in [0, 0.05) is 20.2 Å². The van der Waals surface area contributed by atoms with Crippen molar-refractivity contribution in [3.05, 3.63) is 18.4 Å². The second-order valence-corrected chi connectivity index (χ2v) is 2.87. The first-order valence-electron chi connectivity index (χ1n) is 3.91. The lowest BCUT2D eigenvalue weighted by Gasteiger charge is -2.23. The van der Waals surface area contributed by atoms with Crippen molar-refractivity contribution in [3.63, 3.8) is 0 Å². The Bertz CT molecular complexity index is 270. The number of rotatable bonds is 3. The summed E-state index contributed by atoms with van der Waals surface area (Å²) in [6.07, 6.45) is 1.61. The molecule has 0 aliphatic carbocycles. The van der Waals surface area contributed by atoms with E-state index >= 15 is 0 Å². The number of nitrogens with two attached hydrogens (primary N) is 1. The maximum Gasteiger partial charge on any atom is 0.196 e. The van der Waals surface area contributed by atoms with Crippen molar-refractivity contribution in [1.82, 2.24) is 4.90 Å². The molecular weight excluding hydrogens is 168 g/mol. The number of hydrogen-bond donors (Lipinski definition) is 2. The average molecular weight is 182 g/mol. The van der Waals surface area contributed by atoms with Crippen LogP contribution < -0.4 is 10.6 Å². The maximum absolute atomic E-state index is 7.17. The smallest absolute Gasteiger partial charge is 0.196 e. The number of guanidine groups is 1. The fourth-order valence-electron chi connectivity index (χ4n) is 0.951. The molecule has 1 rings (SSSR count). The number of anilines is 1. The molecule has 0 atom stereocenters. The lowest BCUT2D eigenvalue weighted by molar-refractivity contribution is 0.466. The van der Waals surface area contributed by atoms with Gasteiger partial charge in [0.15, 0.2) is 11.8 Å². The van der Waals surface area contributed by atoms with Gasteiger partial charge >= 0.3 is 0 Å². The quantitative estimate of drug-likeness (QED) is 0.405. The third kappa shape index (κ3) is 2.40. The molecule has 0 radical (unpaired) electrons. The molecule has 1 aromatic heterocycles. The zero-order chi connectivity index (χ0) is 9.84. The van der Waals surface area contributed by atoms with Crippen LogP contribution in [0.25, 0.3) is 0 Å². The van der Waals surface area contributed by atoms with E-state index in [0.717, 1.165) is 5.88 Å². The summed E-state index contributed by atoms with van der Waals surface area (Å²) >= 11 is 0. The van der Waals surface area contributed by atoms with E-state index in [-0.39, 0.29) is 5.96 Å². The molecule has 0 aliphatic rings. The molecule has 5 nitrogen and oxygen atoms in total. The first-order chi connectivity index (χ1) is 6.11. The third-order valence-corrected chi connectivity index (χ3v) is 1.72. The Labute approximate surface area is 77.2 Å². The van der Waals surface area contributed by atoms with Crippen LogP contribution in [0.2, 0.25) is 0 Å². The molecule has 5 heteroatoms. The molecule has 0 spiro atoms. The Morgan fingerprint density at radius 3 is 2.77 bits per heavy atom. The predicted molar refractivity (Wildman–Crippen MR) is 51.7 cm³/mol. The Morgan fingerprint density at radius 1 is 1.62 bits per heavy atom. The summed E-state index contributed by atoms with van der Waals surface area (Å²) in [6, 6.07) is 3.67. The van der Waals surface area contributed by atoms with Crippen LogP contribution in [0.4, 0.5) is 5.88 Å². The van der Waals surface area contributed by atoms with Gasteiger partial charge in [-0.1, -0.05) is 0 Å². The summed E-state index contributed by atoms with van der Waals surface area (Å²) < 4.78 is 5.16. The SMILES string of the molecule is CN(CN(C)c1ccco1)C(=N)N. The second kappa shape index (κ2) is 3.84. The van der Waals surface area contributed by atoms with Crippen molar-refractivity contribution in [2.45, 2.75) is 0 Å². The summed E-state index contributed by atoms with van der Waals surface area (Å²) in [7, 11) is 3.63. The summed E-state index contributed by atoms with van der Waals surface area (Å²) in [5.41, 5.74) is 5.29. The van der Waals surface area contributed by atoms with Gasteiger partial charge in [-0.2, -0.15) is 0 Å². The summed E-state index contributed by atoms with van der Waals surface area (Å²) in [6.45, 7) is 0.531. The Balaban J connectivity index is 2.51. The second-order valence-electron chi connectivity index (χ2n) is 2.87. The highest BCUT2D eigenvalue weighted by atomic mass is 16.3. The highest BCUT2D eigenvalue weighted by Gasteiger charge is 2.06. The Kier molecular flexibility index (Phi) is 2.79. The van der Waals surface area contributed by atoms with E-state index in [0.29, 0.717) is 6.67 Å². The van der Waals surface area contributed by atoms with E-state index in [1.165, 1.54) is 0 Å². The van der Waals surface area contributed by atoms with Gasteiger partial charge in [-0.3, -0.25) is 5.41 Å². The first-order valence-corrected chi connectivity index (χ1v) is 3.91. The lowest BCUT2D eigenvalue weighted by Crippen LogP contribution is -2.40. The van der Waals surface area contributed by atoms with Crippen molar-refractivity contribution in [2.75, 3.05) is 25.7 Å². The van der Waals surface area contributed by atoms with Crippen LogP contribution in [0.3, 0.4) is 0 Å².